The summed E-state index contributed by atoms with van der Waals surface area (Å²) in [5.74, 6) is 0. The van der Waals surface area contributed by atoms with E-state index in [4.69, 9.17) is 16.3 Å². The number of rotatable bonds is 4. The van der Waals surface area contributed by atoms with Crippen molar-refractivity contribution >= 4 is 24.0 Å². The summed E-state index contributed by atoms with van der Waals surface area (Å²) in [5, 5.41) is 0.727. The fraction of sp³-hybridized carbons (Fsp3) is 0.250. The normalized spacial score (nSPS) is 10.0. The van der Waals surface area contributed by atoms with Crippen LogP contribution in [0.2, 0.25) is 5.02 Å². The van der Waals surface area contributed by atoms with Gasteiger partial charge in [0.15, 0.2) is 0 Å². The Morgan fingerprint density at radius 3 is 2.65 bits per heavy atom. The van der Waals surface area contributed by atoms with E-state index in [0.717, 1.165) is 22.0 Å². The summed E-state index contributed by atoms with van der Waals surface area (Å²) in [6.07, 6.45) is 1.68. The fourth-order valence-corrected chi connectivity index (χ4v) is 1.62. The van der Waals surface area contributed by atoms with Crippen LogP contribution >= 0.6 is 24.0 Å². The number of hydrogen-bond acceptors (Lipinski definition) is 2. The molecule has 2 rings (SSSR count). The molecule has 1 N–H and O–H groups in total. The molecule has 0 spiro atoms. The molecule has 1 heterocycles. The number of ether oxygens (including phenoxy) is 1. The van der Waals surface area contributed by atoms with Crippen molar-refractivity contribution in [3.8, 4) is 11.3 Å². The van der Waals surface area contributed by atoms with Crippen molar-refractivity contribution < 1.29 is 4.74 Å². The predicted molar refractivity (Wildman–Crippen MR) is 71.6 cm³/mol. The van der Waals surface area contributed by atoms with Crippen molar-refractivity contribution in [1.29, 1.82) is 0 Å². The molecule has 0 amide bonds. The summed E-state index contributed by atoms with van der Waals surface area (Å²) < 4.78 is 5.37. The van der Waals surface area contributed by atoms with Crippen LogP contribution in [0, 0.1) is 0 Å². The van der Waals surface area contributed by atoms with E-state index in [2.05, 4.69) is 9.97 Å². The molecular weight excluding hydrogens is 259 g/mol. The molecule has 1 aromatic carbocycles. The van der Waals surface area contributed by atoms with Crippen LogP contribution in [0.5, 0.6) is 0 Å². The van der Waals surface area contributed by atoms with Gasteiger partial charge in [-0.1, -0.05) is 23.7 Å². The zero-order valence-corrected chi connectivity index (χ0v) is 11.0. The van der Waals surface area contributed by atoms with Gasteiger partial charge in [-0.05, 0) is 19.1 Å². The van der Waals surface area contributed by atoms with Crippen LogP contribution in [0.15, 0.2) is 30.6 Å². The van der Waals surface area contributed by atoms with E-state index in [1.54, 1.807) is 6.33 Å². The Kier molecular flexibility index (Phi) is 5.48. The first-order chi connectivity index (χ1) is 7.81. The van der Waals surface area contributed by atoms with Gasteiger partial charge in [-0.3, -0.25) is 0 Å². The molecule has 17 heavy (non-hydrogen) atoms. The van der Waals surface area contributed by atoms with E-state index in [-0.39, 0.29) is 12.4 Å². The smallest absolute Gasteiger partial charge is 0.0936 e. The van der Waals surface area contributed by atoms with Gasteiger partial charge in [0.05, 0.1) is 24.3 Å². The zero-order valence-electron chi connectivity index (χ0n) is 9.44. The third kappa shape index (κ3) is 3.46. The van der Waals surface area contributed by atoms with Crippen molar-refractivity contribution in [2.24, 2.45) is 0 Å². The number of hydrogen-bond donors (Lipinski definition) is 1. The largest absolute Gasteiger partial charge is 0.375 e. The zero-order chi connectivity index (χ0) is 11.4. The second kappa shape index (κ2) is 6.64. The van der Waals surface area contributed by atoms with Crippen molar-refractivity contribution in [3.63, 3.8) is 0 Å². The summed E-state index contributed by atoms with van der Waals surface area (Å²) in [7, 11) is 0. The van der Waals surface area contributed by atoms with E-state index in [1.165, 1.54) is 0 Å². The Bertz CT molecular complexity index is 454. The monoisotopic (exact) mass is 272 g/mol. The lowest BCUT2D eigenvalue weighted by atomic mass is 10.1. The van der Waals surface area contributed by atoms with E-state index in [0.29, 0.717) is 13.2 Å². The minimum absolute atomic E-state index is 0. The molecule has 0 atom stereocenters. The molecule has 3 nitrogen and oxygen atoms in total. The molecule has 0 bridgehead atoms. The summed E-state index contributed by atoms with van der Waals surface area (Å²) in [6, 6.07) is 7.62. The number of aromatic amines is 1. The summed E-state index contributed by atoms with van der Waals surface area (Å²) in [4.78, 5) is 7.37. The SMILES string of the molecule is CCOCc1[nH]cnc1-c1ccc(Cl)cc1.Cl. The number of imidazole rings is 1. The number of nitrogens with zero attached hydrogens (tertiary/aromatic N) is 1. The Hall–Kier alpha value is -1.03. The maximum Gasteiger partial charge on any atom is 0.0936 e. The molecule has 0 unspecified atom stereocenters. The molecule has 1 aromatic heterocycles. The van der Waals surface area contributed by atoms with Gasteiger partial charge in [0, 0.05) is 17.2 Å². The highest BCUT2D eigenvalue weighted by molar-refractivity contribution is 6.30. The second-order valence-electron chi connectivity index (χ2n) is 3.37. The summed E-state index contributed by atoms with van der Waals surface area (Å²) >= 11 is 5.84. The van der Waals surface area contributed by atoms with Gasteiger partial charge in [0.1, 0.15) is 0 Å². The highest BCUT2D eigenvalue weighted by Gasteiger charge is 2.07. The van der Waals surface area contributed by atoms with E-state index in [9.17, 15) is 0 Å². The molecule has 0 aliphatic rings. The number of nitrogens with one attached hydrogen (secondary N) is 1. The average Bonchev–Trinajstić information content (AvgIpc) is 2.75. The van der Waals surface area contributed by atoms with Crippen LogP contribution in [0.1, 0.15) is 12.6 Å². The lowest BCUT2D eigenvalue weighted by Crippen LogP contribution is -1.94. The summed E-state index contributed by atoms with van der Waals surface area (Å²) in [6.45, 7) is 3.21. The molecule has 5 heteroatoms. The van der Waals surface area contributed by atoms with Crippen LogP contribution in [-0.4, -0.2) is 16.6 Å². The molecular formula is C12H14Cl2N2O. The van der Waals surface area contributed by atoms with Gasteiger partial charge in [-0.15, -0.1) is 12.4 Å². The van der Waals surface area contributed by atoms with Crippen LogP contribution in [0.3, 0.4) is 0 Å². The second-order valence-corrected chi connectivity index (χ2v) is 3.81. The maximum absolute atomic E-state index is 5.84. The van der Waals surface area contributed by atoms with Gasteiger partial charge in [-0.25, -0.2) is 4.98 Å². The van der Waals surface area contributed by atoms with Gasteiger partial charge >= 0.3 is 0 Å². The van der Waals surface area contributed by atoms with E-state index >= 15 is 0 Å². The third-order valence-corrected chi connectivity index (χ3v) is 2.54. The fourth-order valence-electron chi connectivity index (χ4n) is 1.49. The van der Waals surface area contributed by atoms with Crippen molar-refractivity contribution in [2.75, 3.05) is 6.61 Å². The van der Waals surface area contributed by atoms with Gasteiger partial charge in [0.2, 0.25) is 0 Å². The molecule has 2 aromatic rings. The lowest BCUT2D eigenvalue weighted by Gasteiger charge is -2.03. The average molecular weight is 273 g/mol. The molecule has 0 saturated heterocycles. The number of halogens is 2. The lowest BCUT2D eigenvalue weighted by molar-refractivity contribution is 0.132. The summed E-state index contributed by atoms with van der Waals surface area (Å²) in [5.41, 5.74) is 2.95. The Labute approximate surface area is 112 Å². The standard InChI is InChI=1S/C12H13ClN2O.ClH/c1-2-16-7-11-12(15-8-14-11)9-3-5-10(13)6-4-9;/h3-6,8H,2,7H2,1H3,(H,14,15);1H. The van der Waals surface area contributed by atoms with E-state index in [1.807, 2.05) is 31.2 Å². The third-order valence-electron chi connectivity index (χ3n) is 2.29. The molecule has 0 radical (unpaired) electrons. The first-order valence-electron chi connectivity index (χ1n) is 5.17. The molecule has 92 valence electrons. The number of aromatic nitrogens is 2. The first kappa shape index (κ1) is 14.0. The first-order valence-corrected chi connectivity index (χ1v) is 5.55. The van der Waals surface area contributed by atoms with Crippen LogP contribution in [0.4, 0.5) is 0 Å². The Balaban J connectivity index is 0.00000144. The minimum atomic E-state index is 0. The van der Waals surface area contributed by atoms with Crippen LogP contribution < -0.4 is 0 Å². The van der Waals surface area contributed by atoms with Crippen LogP contribution in [-0.2, 0) is 11.3 Å². The highest BCUT2D eigenvalue weighted by atomic mass is 35.5. The quantitative estimate of drug-likeness (QED) is 0.922. The van der Waals surface area contributed by atoms with Crippen molar-refractivity contribution in [3.05, 3.63) is 41.3 Å². The topological polar surface area (TPSA) is 37.9 Å². The van der Waals surface area contributed by atoms with Gasteiger partial charge < -0.3 is 9.72 Å². The molecule has 0 fully saturated rings. The van der Waals surface area contributed by atoms with Crippen molar-refractivity contribution in [2.45, 2.75) is 13.5 Å². The molecule has 0 saturated carbocycles. The van der Waals surface area contributed by atoms with Crippen molar-refractivity contribution in [1.82, 2.24) is 9.97 Å². The molecule has 0 aliphatic carbocycles. The molecule has 0 aliphatic heterocycles. The highest BCUT2D eigenvalue weighted by Crippen LogP contribution is 2.22. The van der Waals surface area contributed by atoms with Gasteiger partial charge in [-0.2, -0.15) is 0 Å². The van der Waals surface area contributed by atoms with Crippen LogP contribution in [0.25, 0.3) is 11.3 Å². The van der Waals surface area contributed by atoms with E-state index < -0.39 is 0 Å². The number of benzene rings is 1. The predicted octanol–water partition coefficient (Wildman–Crippen LogP) is 3.69. The van der Waals surface area contributed by atoms with Gasteiger partial charge in [0.25, 0.3) is 0 Å². The Morgan fingerprint density at radius 2 is 2.00 bits per heavy atom. The Morgan fingerprint density at radius 1 is 1.29 bits per heavy atom. The number of H-pyrrole nitrogens is 1. The minimum Gasteiger partial charge on any atom is -0.375 e. The maximum atomic E-state index is 5.84.